The number of aromatic nitrogens is 2. The Morgan fingerprint density at radius 2 is 1.85 bits per heavy atom. The Hall–Kier alpha value is -2.71. The van der Waals surface area contributed by atoms with Crippen LogP contribution < -0.4 is 9.57 Å². The molecule has 0 aliphatic heterocycles. The number of rotatable bonds is 8. The van der Waals surface area contributed by atoms with Crippen LogP contribution in [0, 0.1) is 0 Å². The predicted molar refractivity (Wildman–Crippen MR) is 85.7 cm³/mol. The molecule has 0 amide bonds. The summed E-state index contributed by atoms with van der Waals surface area (Å²) in [5.74, 6) is 0.00339. The molecule has 2 aromatic rings. The van der Waals surface area contributed by atoms with E-state index in [-0.39, 0.29) is 5.75 Å². The summed E-state index contributed by atoms with van der Waals surface area (Å²) in [6.45, 7) is 3.87. The molecule has 1 aromatic heterocycles. The summed E-state index contributed by atoms with van der Waals surface area (Å²) in [6.07, 6.45) is -2.70. The van der Waals surface area contributed by atoms with E-state index in [0.717, 1.165) is 25.1 Å². The number of hydrogen-bond acceptors (Lipinski definition) is 5. The minimum absolute atomic E-state index is 0.129. The van der Waals surface area contributed by atoms with Gasteiger partial charge in [0, 0.05) is 0 Å². The molecule has 6 nitrogen and oxygen atoms in total. The number of alkyl halides is 3. The maximum atomic E-state index is 12.8. The van der Waals surface area contributed by atoms with Crippen LogP contribution in [0.15, 0.2) is 36.5 Å². The fraction of sp³-hybridized carbons (Fsp3) is 0.412. The minimum atomic E-state index is -4.58. The van der Waals surface area contributed by atoms with Gasteiger partial charge in [0.15, 0.2) is 17.5 Å². The molecule has 142 valence electrons. The zero-order chi connectivity index (χ0) is 19.2. The molecule has 1 atom stereocenters. The lowest BCUT2D eigenvalue weighted by Gasteiger charge is -2.14. The van der Waals surface area contributed by atoms with Gasteiger partial charge in [-0.15, -0.1) is 5.10 Å². The third-order valence-electron chi connectivity index (χ3n) is 3.30. The number of carbonyl (C=O) groups excluding carboxylic acids is 1. The Bertz CT molecular complexity index is 714. The van der Waals surface area contributed by atoms with Gasteiger partial charge in [-0.3, -0.25) is 0 Å². The number of carbonyl (C=O) groups is 1. The van der Waals surface area contributed by atoms with Crippen LogP contribution in [0.2, 0.25) is 0 Å². The largest absolute Gasteiger partial charge is 0.479 e. The van der Waals surface area contributed by atoms with E-state index >= 15 is 0 Å². The zero-order valence-electron chi connectivity index (χ0n) is 14.3. The van der Waals surface area contributed by atoms with Gasteiger partial charge in [-0.05, 0) is 43.7 Å². The summed E-state index contributed by atoms with van der Waals surface area (Å²) in [4.78, 5) is 17.2. The van der Waals surface area contributed by atoms with E-state index in [9.17, 15) is 18.0 Å². The second kappa shape index (κ2) is 8.59. The lowest BCUT2D eigenvalue weighted by Crippen LogP contribution is -2.26. The van der Waals surface area contributed by atoms with E-state index in [2.05, 4.69) is 5.10 Å². The standard InChI is InChI=1S/C17H19F3N2O4/c1-3-4-11-24-16(23)12(2)25-13-5-7-14(8-6-13)26-22-15(9-10-21-22)17(18,19)20/h5-10,12H,3-4,11H2,1-2H3/t12-/m1/s1. The van der Waals surface area contributed by atoms with Crippen LogP contribution in [0.25, 0.3) is 0 Å². The number of nitrogens with zero attached hydrogens (tertiary/aromatic N) is 2. The van der Waals surface area contributed by atoms with Gasteiger partial charge in [-0.2, -0.15) is 13.2 Å². The highest BCUT2D eigenvalue weighted by atomic mass is 19.4. The fourth-order valence-corrected chi connectivity index (χ4v) is 1.93. The molecule has 0 bridgehead atoms. The van der Waals surface area contributed by atoms with Crippen molar-refractivity contribution in [3.05, 3.63) is 42.2 Å². The van der Waals surface area contributed by atoms with Crippen LogP contribution in [0.1, 0.15) is 32.4 Å². The van der Waals surface area contributed by atoms with Gasteiger partial charge < -0.3 is 14.3 Å². The quantitative estimate of drug-likeness (QED) is 0.520. The van der Waals surface area contributed by atoms with Crippen molar-refractivity contribution < 1.29 is 32.3 Å². The zero-order valence-corrected chi connectivity index (χ0v) is 14.3. The van der Waals surface area contributed by atoms with Gasteiger partial charge in [0.05, 0.1) is 12.8 Å². The number of esters is 1. The molecule has 0 aliphatic carbocycles. The first kappa shape index (κ1) is 19.6. The topological polar surface area (TPSA) is 62.6 Å². The highest BCUT2D eigenvalue weighted by Crippen LogP contribution is 2.29. The number of hydrogen-bond donors (Lipinski definition) is 0. The van der Waals surface area contributed by atoms with Crippen molar-refractivity contribution in [1.29, 1.82) is 0 Å². The maximum absolute atomic E-state index is 12.8. The third kappa shape index (κ3) is 5.40. The van der Waals surface area contributed by atoms with Crippen molar-refractivity contribution in [1.82, 2.24) is 9.94 Å². The number of unbranched alkanes of at least 4 members (excludes halogenated alkanes) is 1. The molecule has 0 saturated carbocycles. The van der Waals surface area contributed by atoms with Gasteiger partial charge in [-0.25, -0.2) is 4.79 Å². The monoisotopic (exact) mass is 372 g/mol. The molecular formula is C17H19F3N2O4. The summed E-state index contributed by atoms with van der Waals surface area (Å²) in [5, 5.41) is 3.49. The van der Waals surface area contributed by atoms with E-state index in [0.29, 0.717) is 17.2 Å². The van der Waals surface area contributed by atoms with Gasteiger partial charge in [0.2, 0.25) is 0 Å². The van der Waals surface area contributed by atoms with E-state index in [1.807, 2.05) is 6.92 Å². The average molecular weight is 372 g/mol. The molecule has 0 saturated heterocycles. The van der Waals surface area contributed by atoms with Gasteiger partial charge in [0.1, 0.15) is 5.75 Å². The second-order valence-corrected chi connectivity index (χ2v) is 5.43. The van der Waals surface area contributed by atoms with Crippen LogP contribution in [0.5, 0.6) is 11.5 Å². The van der Waals surface area contributed by atoms with E-state index in [4.69, 9.17) is 14.3 Å². The molecule has 0 aliphatic rings. The minimum Gasteiger partial charge on any atom is -0.479 e. The highest BCUT2D eigenvalue weighted by Gasteiger charge is 2.36. The highest BCUT2D eigenvalue weighted by molar-refractivity contribution is 5.74. The molecule has 9 heteroatoms. The smallest absolute Gasteiger partial charge is 0.436 e. The molecule has 0 N–H and O–H groups in total. The van der Waals surface area contributed by atoms with Crippen LogP contribution in [-0.4, -0.2) is 28.6 Å². The molecule has 2 rings (SSSR count). The first-order valence-electron chi connectivity index (χ1n) is 8.04. The Morgan fingerprint density at radius 3 is 2.46 bits per heavy atom. The molecule has 26 heavy (non-hydrogen) atoms. The van der Waals surface area contributed by atoms with E-state index < -0.39 is 23.9 Å². The fourth-order valence-electron chi connectivity index (χ4n) is 1.93. The van der Waals surface area contributed by atoms with Crippen molar-refractivity contribution in [3.63, 3.8) is 0 Å². The molecule has 1 heterocycles. The Balaban J connectivity index is 1.94. The Kier molecular flexibility index (Phi) is 6.48. The average Bonchev–Trinajstić information content (AvgIpc) is 3.05. The molecule has 0 spiro atoms. The first-order chi connectivity index (χ1) is 12.3. The number of halogens is 3. The lowest BCUT2D eigenvalue weighted by molar-refractivity contribution is -0.151. The first-order valence-corrected chi connectivity index (χ1v) is 8.04. The molecule has 0 fully saturated rings. The summed E-state index contributed by atoms with van der Waals surface area (Å²) < 4.78 is 48.8. The van der Waals surface area contributed by atoms with Gasteiger partial charge in [0.25, 0.3) is 0 Å². The summed E-state index contributed by atoms with van der Waals surface area (Å²) in [7, 11) is 0. The summed E-state index contributed by atoms with van der Waals surface area (Å²) in [5.41, 5.74) is -1.03. The number of ether oxygens (including phenoxy) is 2. The van der Waals surface area contributed by atoms with Crippen molar-refractivity contribution in [2.45, 2.75) is 39.0 Å². The van der Waals surface area contributed by atoms with Crippen molar-refractivity contribution in [3.8, 4) is 11.5 Å². The lowest BCUT2D eigenvalue weighted by atomic mass is 10.3. The number of benzene rings is 1. The van der Waals surface area contributed by atoms with Crippen LogP contribution in [0.3, 0.4) is 0 Å². The summed E-state index contributed by atoms with van der Waals surface area (Å²) in [6, 6.07) is 6.58. The molecule has 0 unspecified atom stereocenters. The maximum Gasteiger partial charge on any atom is 0.436 e. The predicted octanol–water partition coefficient (Wildman–Crippen LogP) is 3.85. The van der Waals surface area contributed by atoms with Crippen molar-refractivity contribution >= 4 is 5.97 Å². The van der Waals surface area contributed by atoms with Crippen molar-refractivity contribution in [2.24, 2.45) is 0 Å². The van der Waals surface area contributed by atoms with Gasteiger partial charge in [-0.1, -0.05) is 18.2 Å². The van der Waals surface area contributed by atoms with Gasteiger partial charge >= 0.3 is 12.1 Å². The SMILES string of the molecule is CCCCOC(=O)[C@@H](C)Oc1ccc(On2nccc2C(F)(F)F)cc1. The normalized spacial score (nSPS) is 12.5. The Labute approximate surface area is 148 Å². The molecular weight excluding hydrogens is 353 g/mol. The van der Waals surface area contributed by atoms with Crippen LogP contribution in [0.4, 0.5) is 13.2 Å². The van der Waals surface area contributed by atoms with Crippen molar-refractivity contribution in [2.75, 3.05) is 6.61 Å². The Morgan fingerprint density at radius 1 is 1.19 bits per heavy atom. The van der Waals surface area contributed by atoms with E-state index in [1.165, 1.54) is 24.3 Å². The molecule has 1 aromatic carbocycles. The van der Waals surface area contributed by atoms with Crippen LogP contribution >= 0.6 is 0 Å². The molecule has 0 radical (unpaired) electrons. The van der Waals surface area contributed by atoms with Crippen LogP contribution in [-0.2, 0) is 15.7 Å². The summed E-state index contributed by atoms with van der Waals surface area (Å²) >= 11 is 0. The van der Waals surface area contributed by atoms with E-state index in [1.54, 1.807) is 6.92 Å². The third-order valence-corrected chi connectivity index (χ3v) is 3.30. The second-order valence-electron chi connectivity index (χ2n) is 5.43.